The third-order valence-corrected chi connectivity index (χ3v) is 3.95. The topological polar surface area (TPSA) is 74.6 Å². The number of aromatic nitrogens is 1. The number of piperazine rings is 1. The first-order valence-electron chi connectivity index (χ1n) is 7.01. The Labute approximate surface area is 137 Å². The highest BCUT2D eigenvalue weighted by Crippen LogP contribution is 2.25. The van der Waals surface area contributed by atoms with Crippen molar-refractivity contribution in [1.82, 2.24) is 9.88 Å². The Kier molecular flexibility index (Phi) is 4.91. The van der Waals surface area contributed by atoms with E-state index in [2.05, 4.69) is 5.32 Å². The smallest absolute Gasteiger partial charge is 0.341 e. The average molecular weight is 342 g/mol. The first-order valence-corrected chi connectivity index (χ1v) is 7.01. The molecule has 2 heterocycles. The Morgan fingerprint density at radius 1 is 1.30 bits per heavy atom. The molecule has 1 aromatic carbocycles. The number of hydrogen-bond donors (Lipinski definition) is 2. The summed E-state index contributed by atoms with van der Waals surface area (Å²) in [6.07, 6.45) is 1.27. The van der Waals surface area contributed by atoms with E-state index in [1.54, 1.807) is 17.7 Å². The molecule has 8 heteroatoms. The molecule has 1 aromatic heterocycles. The maximum absolute atomic E-state index is 14.4. The first kappa shape index (κ1) is 17.2. The van der Waals surface area contributed by atoms with Crippen LogP contribution >= 0.6 is 12.4 Å². The van der Waals surface area contributed by atoms with Crippen molar-refractivity contribution < 1.29 is 14.3 Å². The zero-order chi connectivity index (χ0) is 15.9. The Morgan fingerprint density at radius 3 is 2.57 bits per heavy atom. The number of carboxylic acid groups (broad SMARTS) is 1. The van der Waals surface area contributed by atoms with Gasteiger partial charge in [0.25, 0.3) is 0 Å². The number of aromatic carboxylic acids is 1. The van der Waals surface area contributed by atoms with Crippen LogP contribution in [0, 0.1) is 5.82 Å². The van der Waals surface area contributed by atoms with Crippen LogP contribution in [0.15, 0.2) is 23.1 Å². The molecule has 0 saturated carbocycles. The molecule has 0 radical (unpaired) electrons. The van der Waals surface area contributed by atoms with Crippen molar-refractivity contribution in [1.29, 1.82) is 0 Å². The SMILES string of the molecule is Cl.Cn1cc(C(=O)O)c(=O)c2cc(F)c(N3CCNCC3)cc21. The molecule has 0 atom stereocenters. The minimum absolute atomic E-state index is 0. The second-order valence-corrected chi connectivity index (χ2v) is 5.35. The van der Waals surface area contributed by atoms with E-state index in [4.69, 9.17) is 5.11 Å². The van der Waals surface area contributed by atoms with Crippen LogP contribution in [0.2, 0.25) is 0 Å². The number of benzene rings is 1. The van der Waals surface area contributed by atoms with E-state index in [1.165, 1.54) is 6.20 Å². The highest BCUT2D eigenvalue weighted by Gasteiger charge is 2.19. The van der Waals surface area contributed by atoms with Crippen LogP contribution in [0.3, 0.4) is 0 Å². The lowest BCUT2D eigenvalue weighted by atomic mass is 10.1. The molecule has 0 aliphatic carbocycles. The van der Waals surface area contributed by atoms with E-state index in [9.17, 15) is 14.0 Å². The lowest BCUT2D eigenvalue weighted by Gasteiger charge is -2.30. The van der Waals surface area contributed by atoms with Gasteiger partial charge in [-0.25, -0.2) is 9.18 Å². The molecular weight excluding hydrogens is 325 g/mol. The standard InChI is InChI=1S/C15H16FN3O3.ClH/c1-18-8-10(15(21)22)14(20)9-6-11(16)13(7-12(9)18)19-4-2-17-3-5-19;/h6-8,17H,2-5H2,1H3,(H,21,22);1H. The lowest BCUT2D eigenvalue weighted by molar-refractivity contribution is 0.0695. The molecule has 0 unspecified atom stereocenters. The molecule has 2 aromatic rings. The van der Waals surface area contributed by atoms with Crippen LogP contribution in [-0.4, -0.2) is 41.8 Å². The second-order valence-electron chi connectivity index (χ2n) is 5.35. The number of carboxylic acids is 1. The molecule has 1 aliphatic rings. The summed E-state index contributed by atoms with van der Waals surface area (Å²) < 4.78 is 15.9. The van der Waals surface area contributed by atoms with Crippen molar-refractivity contribution >= 4 is 35.0 Å². The number of rotatable bonds is 2. The van der Waals surface area contributed by atoms with Crippen LogP contribution in [-0.2, 0) is 7.05 Å². The van der Waals surface area contributed by atoms with Gasteiger partial charge < -0.3 is 19.9 Å². The number of carbonyl (C=O) groups is 1. The zero-order valence-corrected chi connectivity index (χ0v) is 13.3. The first-order chi connectivity index (χ1) is 10.5. The molecule has 2 N–H and O–H groups in total. The summed E-state index contributed by atoms with van der Waals surface area (Å²) in [7, 11) is 1.65. The molecule has 124 valence electrons. The number of nitrogens with one attached hydrogen (secondary N) is 1. The minimum atomic E-state index is -1.31. The minimum Gasteiger partial charge on any atom is -0.477 e. The van der Waals surface area contributed by atoms with Gasteiger partial charge in [0.05, 0.1) is 11.2 Å². The normalized spacial score (nSPS) is 14.6. The van der Waals surface area contributed by atoms with Crippen LogP contribution in [0.4, 0.5) is 10.1 Å². The van der Waals surface area contributed by atoms with Gasteiger partial charge in [-0.2, -0.15) is 0 Å². The van der Waals surface area contributed by atoms with E-state index < -0.39 is 17.2 Å². The molecule has 6 nitrogen and oxygen atoms in total. The van der Waals surface area contributed by atoms with Crippen LogP contribution in [0.1, 0.15) is 10.4 Å². The number of pyridine rings is 1. The molecule has 0 spiro atoms. The van der Waals surface area contributed by atoms with E-state index in [0.29, 0.717) is 24.3 Å². The Morgan fingerprint density at radius 2 is 1.96 bits per heavy atom. The van der Waals surface area contributed by atoms with Crippen molar-refractivity contribution in [2.45, 2.75) is 0 Å². The Hall–Kier alpha value is -2.12. The quantitative estimate of drug-likeness (QED) is 0.858. The number of fused-ring (bicyclic) bond motifs is 1. The third kappa shape index (κ3) is 3.02. The van der Waals surface area contributed by atoms with Gasteiger partial charge in [0.1, 0.15) is 11.4 Å². The van der Waals surface area contributed by atoms with Crippen molar-refractivity contribution in [2.24, 2.45) is 7.05 Å². The highest BCUT2D eigenvalue weighted by atomic mass is 35.5. The van der Waals surface area contributed by atoms with Crippen molar-refractivity contribution in [3.8, 4) is 0 Å². The van der Waals surface area contributed by atoms with Gasteiger partial charge in [-0.05, 0) is 12.1 Å². The molecule has 3 rings (SSSR count). The van der Waals surface area contributed by atoms with Gasteiger partial charge in [0, 0.05) is 44.8 Å². The van der Waals surface area contributed by atoms with Crippen molar-refractivity contribution in [2.75, 3.05) is 31.1 Å². The summed E-state index contributed by atoms with van der Waals surface area (Å²) in [5, 5.41) is 12.3. The van der Waals surface area contributed by atoms with E-state index in [0.717, 1.165) is 19.2 Å². The maximum Gasteiger partial charge on any atom is 0.341 e. The molecule has 0 bridgehead atoms. The van der Waals surface area contributed by atoms with E-state index in [-0.39, 0.29) is 23.4 Å². The predicted molar refractivity (Wildman–Crippen MR) is 88.4 cm³/mol. The summed E-state index contributed by atoms with van der Waals surface area (Å²) in [5.74, 6) is -1.82. The van der Waals surface area contributed by atoms with Crippen molar-refractivity contribution in [3.05, 3.63) is 39.9 Å². The highest BCUT2D eigenvalue weighted by molar-refractivity contribution is 5.93. The third-order valence-electron chi connectivity index (χ3n) is 3.95. The van der Waals surface area contributed by atoms with Gasteiger partial charge >= 0.3 is 5.97 Å². The zero-order valence-electron chi connectivity index (χ0n) is 12.5. The molecule has 23 heavy (non-hydrogen) atoms. The van der Waals surface area contributed by atoms with E-state index in [1.807, 2.05) is 4.90 Å². The fourth-order valence-electron chi connectivity index (χ4n) is 2.79. The largest absolute Gasteiger partial charge is 0.477 e. The van der Waals surface area contributed by atoms with E-state index >= 15 is 0 Å². The van der Waals surface area contributed by atoms with Gasteiger partial charge in [-0.15, -0.1) is 12.4 Å². The molecule has 1 aliphatic heterocycles. The second kappa shape index (κ2) is 6.55. The Balaban J connectivity index is 0.00000192. The lowest BCUT2D eigenvalue weighted by Crippen LogP contribution is -2.43. The molecule has 1 saturated heterocycles. The summed E-state index contributed by atoms with van der Waals surface area (Å²) >= 11 is 0. The number of halogens is 2. The maximum atomic E-state index is 14.4. The fraction of sp³-hybridized carbons (Fsp3) is 0.333. The number of aryl methyl sites for hydroxylation is 1. The monoisotopic (exact) mass is 341 g/mol. The number of hydrogen-bond acceptors (Lipinski definition) is 4. The number of anilines is 1. The van der Waals surface area contributed by atoms with Crippen LogP contribution in [0.5, 0.6) is 0 Å². The summed E-state index contributed by atoms with van der Waals surface area (Å²) in [4.78, 5) is 25.2. The predicted octanol–water partition coefficient (Wildman–Crippen LogP) is 1.21. The molecule has 1 fully saturated rings. The summed E-state index contributed by atoms with van der Waals surface area (Å²) in [5.41, 5.74) is -0.0623. The van der Waals surface area contributed by atoms with Crippen LogP contribution < -0.4 is 15.6 Å². The van der Waals surface area contributed by atoms with Crippen LogP contribution in [0.25, 0.3) is 10.9 Å². The van der Waals surface area contributed by atoms with Gasteiger partial charge in [0.2, 0.25) is 5.43 Å². The van der Waals surface area contributed by atoms with Gasteiger partial charge in [-0.1, -0.05) is 0 Å². The average Bonchev–Trinajstić information content (AvgIpc) is 2.51. The van der Waals surface area contributed by atoms with Gasteiger partial charge in [-0.3, -0.25) is 4.79 Å². The van der Waals surface area contributed by atoms with Gasteiger partial charge in [0.15, 0.2) is 0 Å². The summed E-state index contributed by atoms with van der Waals surface area (Å²) in [6.45, 7) is 2.91. The molecular formula is C15H17ClFN3O3. The van der Waals surface area contributed by atoms with Crippen molar-refractivity contribution in [3.63, 3.8) is 0 Å². The molecule has 0 amide bonds. The summed E-state index contributed by atoms with van der Waals surface area (Å²) in [6, 6.07) is 2.75. The fourth-order valence-corrected chi connectivity index (χ4v) is 2.79. The Bertz CT molecular complexity index is 816. The number of nitrogens with zero attached hydrogens (tertiary/aromatic N) is 2.